The molecule has 2 saturated heterocycles. The number of aromatic nitrogens is 1. The molecule has 2 fully saturated rings. The van der Waals surface area contributed by atoms with Gasteiger partial charge in [-0.25, -0.2) is 18.2 Å². The molecule has 0 saturated carbocycles. The molecule has 0 unspecified atom stereocenters. The number of nitrogens with zero attached hydrogens (tertiary/aromatic N) is 4. The second-order valence-corrected chi connectivity index (χ2v) is 10.5. The van der Waals surface area contributed by atoms with E-state index in [0.29, 0.717) is 19.6 Å². The van der Waals surface area contributed by atoms with Crippen molar-refractivity contribution in [3.05, 3.63) is 52.1 Å². The highest BCUT2D eigenvalue weighted by Gasteiger charge is 2.32. The number of nitrogens with one attached hydrogen (secondary N) is 1. The van der Waals surface area contributed by atoms with Gasteiger partial charge in [0.2, 0.25) is 10.0 Å². The Balaban J connectivity index is 1.32. The van der Waals surface area contributed by atoms with Gasteiger partial charge in [-0.15, -0.1) is 0 Å². The molecule has 0 aliphatic carbocycles. The molecule has 1 N–H and O–H groups in total. The van der Waals surface area contributed by atoms with Crippen LogP contribution < -0.4 is 10.2 Å². The molecule has 0 radical (unpaired) electrons. The molecule has 2 aliphatic rings. The Kier molecular flexibility index (Phi) is 7.09. The highest BCUT2D eigenvalue weighted by atomic mass is 35.5. The van der Waals surface area contributed by atoms with Crippen molar-refractivity contribution in [2.45, 2.75) is 24.3 Å². The monoisotopic (exact) mass is 497 g/mol. The van der Waals surface area contributed by atoms with Gasteiger partial charge in [-0.3, -0.25) is 0 Å². The summed E-state index contributed by atoms with van der Waals surface area (Å²) >= 11 is 12.1. The minimum Gasteiger partial charge on any atom is -0.357 e. The van der Waals surface area contributed by atoms with Crippen molar-refractivity contribution >= 4 is 45.1 Å². The van der Waals surface area contributed by atoms with Gasteiger partial charge in [0.15, 0.2) is 0 Å². The number of piperazine rings is 1. The average molecular weight is 498 g/mol. The van der Waals surface area contributed by atoms with Crippen LogP contribution in [-0.4, -0.2) is 67.9 Å². The molecule has 0 atom stereocenters. The molecule has 32 heavy (non-hydrogen) atoms. The predicted octanol–water partition coefficient (Wildman–Crippen LogP) is 3.20. The third kappa shape index (κ3) is 4.96. The highest BCUT2D eigenvalue weighted by molar-refractivity contribution is 7.89. The van der Waals surface area contributed by atoms with Crippen LogP contribution in [0.15, 0.2) is 41.4 Å². The maximum Gasteiger partial charge on any atom is 0.317 e. The number of halogens is 2. The number of urea groups is 1. The SMILES string of the molecule is O=C(NCc1ccnc(N2CCCC2)c1)N1CCN(S(=O)(=O)c2cccc(Cl)c2Cl)CC1. The zero-order valence-electron chi connectivity index (χ0n) is 17.5. The number of amides is 2. The van der Waals surface area contributed by atoms with E-state index >= 15 is 0 Å². The third-order valence-corrected chi connectivity index (χ3v) is 8.62. The van der Waals surface area contributed by atoms with E-state index in [0.717, 1.165) is 24.5 Å². The fraction of sp³-hybridized carbons (Fsp3) is 0.429. The quantitative estimate of drug-likeness (QED) is 0.685. The van der Waals surface area contributed by atoms with E-state index in [4.69, 9.17) is 23.2 Å². The fourth-order valence-electron chi connectivity index (χ4n) is 3.93. The standard InChI is InChI=1S/C21H25Cl2N5O3S/c22-17-4-3-5-18(20(17)23)32(30,31)28-12-10-27(11-13-28)21(29)25-15-16-6-7-24-19(14-16)26-8-1-2-9-26/h3-7,14H,1-2,8-13,15H2,(H,25,29). The molecule has 0 bridgehead atoms. The summed E-state index contributed by atoms with van der Waals surface area (Å²) in [5, 5.41) is 3.13. The van der Waals surface area contributed by atoms with Crippen LogP contribution in [0.2, 0.25) is 10.0 Å². The number of carbonyl (C=O) groups excluding carboxylic acids is 1. The minimum atomic E-state index is -3.79. The summed E-state index contributed by atoms with van der Waals surface area (Å²) in [7, 11) is -3.79. The first-order valence-corrected chi connectivity index (χ1v) is 12.7. The Morgan fingerprint density at radius 2 is 1.75 bits per heavy atom. The van der Waals surface area contributed by atoms with Gasteiger partial charge in [0.1, 0.15) is 10.7 Å². The zero-order chi connectivity index (χ0) is 22.7. The Morgan fingerprint density at radius 3 is 2.47 bits per heavy atom. The topological polar surface area (TPSA) is 85.8 Å². The van der Waals surface area contributed by atoms with Crippen LogP contribution in [0.25, 0.3) is 0 Å². The van der Waals surface area contributed by atoms with Gasteiger partial charge < -0.3 is 15.1 Å². The predicted molar refractivity (Wildman–Crippen MR) is 125 cm³/mol. The van der Waals surface area contributed by atoms with E-state index in [1.807, 2.05) is 12.1 Å². The van der Waals surface area contributed by atoms with Gasteiger partial charge in [-0.2, -0.15) is 4.31 Å². The lowest BCUT2D eigenvalue weighted by Gasteiger charge is -2.34. The second-order valence-electron chi connectivity index (χ2n) is 7.82. The van der Waals surface area contributed by atoms with Gasteiger partial charge >= 0.3 is 6.03 Å². The van der Waals surface area contributed by atoms with Crippen molar-refractivity contribution < 1.29 is 13.2 Å². The summed E-state index contributed by atoms with van der Waals surface area (Å²) in [4.78, 5) is 20.9. The van der Waals surface area contributed by atoms with Crippen molar-refractivity contribution in [1.29, 1.82) is 0 Å². The van der Waals surface area contributed by atoms with Crippen LogP contribution in [0, 0.1) is 0 Å². The zero-order valence-corrected chi connectivity index (χ0v) is 19.8. The molecule has 1 aromatic carbocycles. The van der Waals surface area contributed by atoms with Crippen LogP contribution in [-0.2, 0) is 16.6 Å². The van der Waals surface area contributed by atoms with Crippen molar-refractivity contribution in [1.82, 2.24) is 19.5 Å². The first kappa shape index (κ1) is 23.1. The van der Waals surface area contributed by atoms with E-state index in [1.54, 1.807) is 23.2 Å². The molecule has 11 heteroatoms. The molecular weight excluding hydrogens is 473 g/mol. The number of sulfonamides is 1. The lowest BCUT2D eigenvalue weighted by Crippen LogP contribution is -2.53. The summed E-state index contributed by atoms with van der Waals surface area (Å²) in [5.74, 6) is 0.938. The maximum absolute atomic E-state index is 12.9. The van der Waals surface area contributed by atoms with Crippen LogP contribution in [0.1, 0.15) is 18.4 Å². The summed E-state index contributed by atoms with van der Waals surface area (Å²) < 4.78 is 27.2. The van der Waals surface area contributed by atoms with Crippen LogP contribution in [0.4, 0.5) is 10.6 Å². The molecule has 2 amide bonds. The number of pyridine rings is 1. The third-order valence-electron chi connectivity index (χ3n) is 5.74. The molecule has 172 valence electrons. The Bertz CT molecular complexity index is 1080. The molecule has 4 rings (SSSR count). The van der Waals surface area contributed by atoms with Crippen LogP contribution in [0.5, 0.6) is 0 Å². The Morgan fingerprint density at radius 1 is 1.03 bits per heavy atom. The van der Waals surface area contributed by atoms with E-state index in [-0.39, 0.29) is 34.1 Å². The number of benzene rings is 1. The molecule has 2 aromatic rings. The summed E-state index contributed by atoms with van der Waals surface area (Å²) in [6, 6.07) is 8.21. The van der Waals surface area contributed by atoms with Gasteiger partial charge in [-0.1, -0.05) is 29.3 Å². The number of hydrogen-bond donors (Lipinski definition) is 1. The van der Waals surface area contributed by atoms with Gasteiger partial charge in [0.05, 0.1) is 10.0 Å². The van der Waals surface area contributed by atoms with Gasteiger partial charge in [-0.05, 0) is 42.7 Å². The average Bonchev–Trinajstić information content (AvgIpc) is 3.34. The number of carbonyl (C=O) groups is 1. The summed E-state index contributed by atoms with van der Waals surface area (Å²) in [5.41, 5.74) is 0.979. The number of hydrogen-bond acceptors (Lipinski definition) is 5. The summed E-state index contributed by atoms with van der Waals surface area (Å²) in [6.45, 7) is 3.36. The highest BCUT2D eigenvalue weighted by Crippen LogP contribution is 2.31. The minimum absolute atomic E-state index is 0.0139. The second kappa shape index (κ2) is 9.82. The Labute approximate surface area is 198 Å². The van der Waals surface area contributed by atoms with E-state index in [1.165, 1.54) is 23.2 Å². The Hall–Kier alpha value is -2.07. The first-order valence-electron chi connectivity index (χ1n) is 10.5. The van der Waals surface area contributed by atoms with E-state index < -0.39 is 10.0 Å². The first-order chi connectivity index (χ1) is 15.4. The molecule has 2 aliphatic heterocycles. The van der Waals surface area contributed by atoms with Crippen molar-refractivity contribution in [2.24, 2.45) is 0 Å². The normalized spacial score (nSPS) is 17.6. The number of anilines is 1. The smallest absolute Gasteiger partial charge is 0.317 e. The van der Waals surface area contributed by atoms with Crippen LogP contribution >= 0.6 is 23.2 Å². The molecule has 8 nitrogen and oxygen atoms in total. The van der Waals surface area contributed by atoms with Crippen molar-refractivity contribution in [2.75, 3.05) is 44.2 Å². The largest absolute Gasteiger partial charge is 0.357 e. The lowest BCUT2D eigenvalue weighted by atomic mass is 10.2. The maximum atomic E-state index is 12.9. The molecule has 3 heterocycles. The summed E-state index contributed by atoms with van der Waals surface area (Å²) in [6.07, 6.45) is 4.11. The van der Waals surface area contributed by atoms with Crippen LogP contribution in [0.3, 0.4) is 0 Å². The lowest BCUT2D eigenvalue weighted by molar-refractivity contribution is 0.172. The molecular formula is C21H25Cl2N5O3S. The fourth-order valence-corrected chi connectivity index (χ4v) is 6.09. The van der Waals surface area contributed by atoms with E-state index in [9.17, 15) is 13.2 Å². The molecule has 1 aromatic heterocycles. The van der Waals surface area contributed by atoms with Crippen molar-refractivity contribution in [3.8, 4) is 0 Å². The number of rotatable bonds is 5. The van der Waals surface area contributed by atoms with E-state index in [2.05, 4.69) is 15.2 Å². The van der Waals surface area contributed by atoms with Crippen molar-refractivity contribution in [3.63, 3.8) is 0 Å². The van der Waals surface area contributed by atoms with Gasteiger partial charge in [0, 0.05) is 52.0 Å². The molecule has 0 spiro atoms. The van der Waals surface area contributed by atoms with Gasteiger partial charge in [0.25, 0.3) is 0 Å².